The van der Waals surface area contributed by atoms with E-state index in [-0.39, 0.29) is 11.5 Å². The number of ether oxygens (including phenoxy) is 2. The van der Waals surface area contributed by atoms with Gasteiger partial charge in [-0.15, -0.1) is 8.78 Å². The molecule has 2 aromatic carbocycles. The Labute approximate surface area is 171 Å². The second kappa shape index (κ2) is 8.22. The molecule has 3 rings (SSSR count). The third-order valence-electron chi connectivity index (χ3n) is 4.21. The van der Waals surface area contributed by atoms with Crippen molar-refractivity contribution in [3.8, 4) is 11.5 Å². The van der Waals surface area contributed by atoms with Crippen molar-refractivity contribution >= 4 is 29.0 Å². The average molecular weight is 425 g/mol. The zero-order valence-electron chi connectivity index (χ0n) is 15.7. The van der Waals surface area contributed by atoms with Crippen LogP contribution in [0.5, 0.6) is 11.5 Å². The molecule has 1 heterocycles. The number of fused-ring (bicyclic) bond motifs is 1. The number of alkyl halides is 2. The maximum absolute atomic E-state index is 13.1. The molecule has 1 aliphatic rings. The van der Waals surface area contributed by atoms with Gasteiger partial charge >= 0.3 is 12.3 Å². The lowest BCUT2D eigenvalue weighted by Crippen LogP contribution is -2.37. The Bertz CT molecular complexity index is 966. The Balaban J connectivity index is 1.71. The zero-order chi connectivity index (χ0) is 21.2. The largest absolute Gasteiger partial charge is 0.586 e. The number of hydrogen-bond donors (Lipinski definition) is 2. The summed E-state index contributed by atoms with van der Waals surface area (Å²) in [5, 5.41) is 4.10. The topological polar surface area (TPSA) is 89.2 Å². The van der Waals surface area contributed by atoms with Gasteiger partial charge < -0.3 is 14.8 Å². The van der Waals surface area contributed by atoms with Crippen LogP contribution in [0, 0.1) is 0 Å². The molecule has 0 saturated carbocycles. The molecule has 2 aromatic rings. The Morgan fingerprint density at radius 1 is 1.28 bits per heavy atom. The number of halogens is 3. The second-order valence-corrected chi connectivity index (χ2v) is 6.76. The third kappa shape index (κ3) is 4.93. The maximum atomic E-state index is 13.1. The van der Waals surface area contributed by atoms with Crippen LogP contribution < -0.4 is 20.6 Å². The van der Waals surface area contributed by atoms with Gasteiger partial charge in [-0.05, 0) is 54.8 Å². The van der Waals surface area contributed by atoms with Crippen LogP contribution in [0.3, 0.4) is 0 Å². The molecular formula is C19H19ClF2N4O3. The van der Waals surface area contributed by atoms with Crippen molar-refractivity contribution < 1.29 is 23.0 Å². The first-order chi connectivity index (χ1) is 13.7. The number of benzene rings is 2. The molecule has 7 nitrogen and oxygen atoms in total. The Kier molecular flexibility index (Phi) is 5.90. The van der Waals surface area contributed by atoms with Crippen molar-refractivity contribution in [1.82, 2.24) is 5.01 Å². The lowest BCUT2D eigenvalue weighted by Gasteiger charge is -2.15. The lowest BCUT2D eigenvalue weighted by molar-refractivity contribution is -0.286. The second-order valence-electron chi connectivity index (χ2n) is 6.35. The fourth-order valence-corrected chi connectivity index (χ4v) is 3.00. The molecule has 2 amide bonds. The average Bonchev–Trinajstić information content (AvgIpc) is 2.96. The first-order valence-corrected chi connectivity index (χ1v) is 9.02. The number of carbonyl (C=O) groups excluding carboxylic acids is 1. The number of nitrogens with one attached hydrogen (secondary N) is 1. The number of carbonyl (C=O) groups is 1. The molecule has 3 N–H and O–H groups in total. The van der Waals surface area contributed by atoms with E-state index in [0.29, 0.717) is 40.5 Å². The molecular weight excluding hydrogens is 406 g/mol. The number of nitrogens with two attached hydrogens (primary N) is 1. The van der Waals surface area contributed by atoms with Crippen LogP contribution in [0.25, 0.3) is 0 Å². The highest BCUT2D eigenvalue weighted by molar-refractivity contribution is 6.31. The van der Waals surface area contributed by atoms with Crippen molar-refractivity contribution in [1.29, 1.82) is 0 Å². The van der Waals surface area contributed by atoms with Crippen molar-refractivity contribution in [3.63, 3.8) is 0 Å². The van der Waals surface area contributed by atoms with Crippen molar-refractivity contribution in [2.75, 3.05) is 18.9 Å². The predicted molar refractivity (Wildman–Crippen MR) is 106 cm³/mol. The van der Waals surface area contributed by atoms with E-state index in [4.69, 9.17) is 17.4 Å². The molecule has 0 radical (unpaired) electrons. The van der Waals surface area contributed by atoms with Crippen LogP contribution >= 0.6 is 11.6 Å². The molecule has 0 atom stereocenters. The lowest BCUT2D eigenvalue weighted by atomic mass is 10.1. The summed E-state index contributed by atoms with van der Waals surface area (Å²) in [6.07, 6.45) is -3.21. The monoisotopic (exact) mass is 424 g/mol. The van der Waals surface area contributed by atoms with E-state index in [1.807, 2.05) is 0 Å². The number of urea groups is 1. The summed E-state index contributed by atoms with van der Waals surface area (Å²) >= 11 is 6.27. The summed E-state index contributed by atoms with van der Waals surface area (Å²) in [6, 6.07) is 9.16. The van der Waals surface area contributed by atoms with Crippen LogP contribution in [0.4, 0.5) is 19.3 Å². The Morgan fingerprint density at radius 2 is 2.00 bits per heavy atom. The molecule has 0 bridgehead atoms. The summed E-state index contributed by atoms with van der Waals surface area (Å²) in [6.45, 7) is 2.12. The quantitative estimate of drug-likeness (QED) is 0.328. The number of rotatable bonds is 5. The molecule has 0 spiro atoms. The van der Waals surface area contributed by atoms with Crippen molar-refractivity contribution in [2.24, 2.45) is 10.8 Å². The van der Waals surface area contributed by atoms with Gasteiger partial charge in [0.1, 0.15) is 0 Å². The van der Waals surface area contributed by atoms with E-state index >= 15 is 0 Å². The molecule has 0 unspecified atom stereocenters. The minimum Gasteiger partial charge on any atom is -0.395 e. The standard InChI is InChI=1S/C19H19ClF2N4O3/c1-11(12-6-7-16-17(10-12)29-19(21,22)28-16)24-9-8-13-14(20)4-3-5-15(13)25-18(27)26(2)23/h3-7,10H,8-9,23H2,1-2H3,(H,25,27). The summed E-state index contributed by atoms with van der Waals surface area (Å²) in [4.78, 5) is 16.3. The number of nitrogens with zero attached hydrogens (tertiary/aromatic N) is 2. The van der Waals surface area contributed by atoms with Crippen molar-refractivity contribution in [2.45, 2.75) is 19.6 Å². The van der Waals surface area contributed by atoms with Crippen LogP contribution in [0.2, 0.25) is 5.02 Å². The highest BCUT2D eigenvalue weighted by atomic mass is 35.5. The molecule has 0 aromatic heterocycles. The SMILES string of the molecule is CC(=NCCc1c(Cl)cccc1NC(=O)N(C)N)c1ccc2c(c1)OC(F)(F)O2. The van der Waals surface area contributed by atoms with E-state index in [1.54, 1.807) is 31.2 Å². The fraction of sp³-hybridized carbons (Fsp3) is 0.263. The number of aliphatic imine (C=N–C) groups is 1. The Hall–Kier alpha value is -2.91. The summed E-state index contributed by atoms with van der Waals surface area (Å²) in [5.41, 5.74) is 2.51. The van der Waals surface area contributed by atoms with E-state index < -0.39 is 12.3 Å². The summed E-state index contributed by atoms with van der Waals surface area (Å²) < 4.78 is 35.1. The zero-order valence-corrected chi connectivity index (χ0v) is 16.5. The van der Waals surface area contributed by atoms with Gasteiger partial charge in [0.2, 0.25) is 0 Å². The smallest absolute Gasteiger partial charge is 0.395 e. The minimum atomic E-state index is -3.66. The van der Waals surface area contributed by atoms with Gasteiger partial charge in [0.15, 0.2) is 11.5 Å². The molecule has 10 heteroatoms. The summed E-state index contributed by atoms with van der Waals surface area (Å²) in [7, 11) is 1.43. The molecule has 0 aliphatic carbocycles. The molecule has 0 fully saturated rings. The molecule has 29 heavy (non-hydrogen) atoms. The number of amides is 2. The van der Waals surface area contributed by atoms with E-state index in [1.165, 1.54) is 19.2 Å². The Morgan fingerprint density at radius 3 is 2.72 bits per heavy atom. The van der Waals surface area contributed by atoms with E-state index in [0.717, 1.165) is 5.01 Å². The minimum absolute atomic E-state index is 0.0205. The molecule has 1 aliphatic heterocycles. The number of anilines is 1. The normalized spacial score (nSPS) is 14.6. The fourth-order valence-electron chi connectivity index (χ4n) is 2.73. The first-order valence-electron chi connectivity index (χ1n) is 8.64. The van der Waals surface area contributed by atoms with Gasteiger partial charge in [-0.25, -0.2) is 10.6 Å². The van der Waals surface area contributed by atoms with E-state index in [2.05, 4.69) is 19.8 Å². The summed E-state index contributed by atoms with van der Waals surface area (Å²) in [5.74, 6) is 5.37. The highest BCUT2D eigenvalue weighted by Crippen LogP contribution is 2.41. The number of hydrogen-bond acceptors (Lipinski definition) is 5. The third-order valence-corrected chi connectivity index (χ3v) is 4.56. The van der Waals surface area contributed by atoms with Gasteiger partial charge in [0, 0.05) is 30.0 Å². The van der Waals surface area contributed by atoms with Crippen LogP contribution in [0.15, 0.2) is 41.4 Å². The maximum Gasteiger partial charge on any atom is 0.586 e. The van der Waals surface area contributed by atoms with Gasteiger partial charge in [-0.1, -0.05) is 17.7 Å². The van der Waals surface area contributed by atoms with Gasteiger partial charge in [0.05, 0.1) is 0 Å². The number of hydrazine groups is 1. The predicted octanol–water partition coefficient (Wildman–Crippen LogP) is 4.05. The van der Waals surface area contributed by atoms with Gasteiger partial charge in [-0.3, -0.25) is 10.0 Å². The van der Waals surface area contributed by atoms with E-state index in [9.17, 15) is 13.6 Å². The van der Waals surface area contributed by atoms with Crippen LogP contribution in [-0.2, 0) is 6.42 Å². The molecule has 0 saturated heterocycles. The highest BCUT2D eigenvalue weighted by Gasteiger charge is 2.43. The van der Waals surface area contributed by atoms with Crippen LogP contribution in [0.1, 0.15) is 18.1 Å². The molecule has 154 valence electrons. The van der Waals surface area contributed by atoms with Gasteiger partial charge in [-0.2, -0.15) is 0 Å². The van der Waals surface area contributed by atoms with Gasteiger partial charge in [0.25, 0.3) is 0 Å². The van der Waals surface area contributed by atoms with Crippen LogP contribution in [-0.4, -0.2) is 36.6 Å². The first kappa shape index (κ1) is 20.8. The van der Waals surface area contributed by atoms with Crippen molar-refractivity contribution in [3.05, 3.63) is 52.5 Å².